The van der Waals surface area contributed by atoms with Gasteiger partial charge in [0.2, 0.25) is 10.0 Å². The van der Waals surface area contributed by atoms with Gasteiger partial charge >= 0.3 is 0 Å². The zero-order valence-electron chi connectivity index (χ0n) is 13.9. The second-order valence-electron chi connectivity index (χ2n) is 6.45. The summed E-state index contributed by atoms with van der Waals surface area (Å²) in [5.41, 5.74) is 2.96. The predicted octanol–water partition coefficient (Wildman–Crippen LogP) is 3.21. The fourth-order valence-electron chi connectivity index (χ4n) is 2.93. The van der Waals surface area contributed by atoms with E-state index in [0.717, 1.165) is 22.2 Å². The van der Waals surface area contributed by atoms with Crippen LogP contribution < -0.4 is 4.72 Å². The second-order valence-corrected chi connectivity index (χ2v) is 8.85. The summed E-state index contributed by atoms with van der Waals surface area (Å²) in [4.78, 5) is 16.4. The lowest BCUT2D eigenvalue weighted by Crippen LogP contribution is -2.33. The van der Waals surface area contributed by atoms with Gasteiger partial charge in [-0.1, -0.05) is 11.6 Å². The summed E-state index contributed by atoms with van der Waals surface area (Å²) in [6.07, 6.45) is 6.41. The molecule has 134 valence electrons. The van der Waals surface area contributed by atoms with E-state index in [0.29, 0.717) is 23.4 Å². The highest BCUT2D eigenvalue weighted by Crippen LogP contribution is 2.29. The van der Waals surface area contributed by atoms with Gasteiger partial charge in [0.25, 0.3) is 5.91 Å². The highest BCUT2D eigenvalue weighted by atomic mass is 35.5. The smallest absolute Gasteiger partial charge is 0.264 e. The van der Waals surface area contributed by atoms with Crippen LogP contribution in [0.5, 0.6) is 0 Å². The Hall–Kier alpha value is -2.38. The molecule has 26 heavy (non-hydrogen) atoms. The van der Waals surface area contributed by atoms with Gasteiger partial charge in [0.05, 0.1) is 27.7 Å². The molecule has 1 aromatic carbocycles. The maximum absolute atomic E-state index is 12.3. The maximum Gasteiger partial charge on any atom is 0.264 e. The third-order valence-electron chi connectivity index (χ3n) is 4.43. The number of carbonyl (C=O) groups is 1. The van der Waals surface area contributed by atoms with Crippen molar-refractivity contribution in [2.24, 2.45) is 0 Å². The first-order valence-corrected chi connectivity index (χ1v) is 10.1. The molecule has 1 amide bonds. The minimum Gasteiger partial charge on any atom is -0.315 e. The van der Waals surface area contributed by atoms with Crippen LogP contribution in [0.1, 0.15) is 28.8 Å². The Kier molecular flexibility index (Phi) is 4.00. The first-order valence-electron chi connectivity index (χ1n) is 8.14. The number of hydrogen-bond donors (Lipinski definition) is 1. The molecule has 1 saturated carbocycles. The van der Waals surface area contributed by atoms with Gasteiger partial charge in [-0.25, -0.2) is 13.1 Å². The van der Waals surface area contributed by atoms with Crippen molar-refractivity contribution in [3.05, 3.63) is 59.0 Å². The van der Waals surface area contributed by atoms with E-state index >= 15 is 0 Å². The van der Waals surface area contributed by atoms with Gasteiger partial charge in [0.1, 0.15) is 0 Å². The summed E-state index contributed by atoms with van der Waals surface area (Å²) >= 11 is 6.03. The molecule has 1 fully saturated rings. The molecule has 1 aliphatic rings. The normalized spacial score (nSPS) is 14.5. The van der Waals surface area contributed by atoms with Crippen molar-refractivity contribution in [3.63, 3.8) is 0 Å². The summed E-state index contributed by atoms with van der Waals surface area (Å²) in [5.74, 6) is -0.602. The summed E-state index contributed by atoms with van der Waals surface area (Å²) in [6.45, 7) is 1.93. The first kappa shape index (κ1) is 17.1. The number of hydrogen-bond acceptors (Lipinski definition) is 4. The number of fused-ring (bicyclic) bond motifs is 1. The average molecular weight is 390 g/mol. The highest BCUT2D eigenvalue weighted by Gasteiger charge is 2.37. The molecule has 8 heteroatoms. The third kappa shape index (κ3) is 3.08. The number of nitrogens with zero attached hydrogens (tertiary/aromatic N) is 2. The molecule has 1 N–H and O–H groups in total. The Morgan fingerprint density at radius 1 is 1.27 bits per heavy atom. The molecule has 0 unspecified atom stereocenters. The molecule has 0 aliphatic heterocycles. The van der Waals surface area contributed by atoms with Gasteiger partial charge in [0.15, 0.2) is 0 Å². The van der Waals surface area contributed by atoms with Gasteiger partial charge in [-0.2, -0.15) is 0 Å². The quantitative estimate of drug-likeness (QED) is 0.742. The summed E-state index contributed by atoms with van der Waals surface area (Å²) < 4.78 is 28.0. The van der Waals surface area contributed by atoms with E-state index in [1.807, 2.05) is 17.7 Å². The van der Waals surface area contributed by atoms with E-state index in [2.05, 4.69) is 9.71 Å². The molecule has 0 bridgehead atoms. The molecule has 0 radical (unpaired) electrons. The van der Waals surface area contributed by atoms with E-state index in [1.54, 1.807) is 36.7 Å². The number of pyridine rings is 1. The minimum absolute atomic E-state index is 0.312. The van der Waals surface area contributed by atoms with Gasteiger partial charge < -0.3 is 4.57 Å². The Morgan fingerprint density at radius 2 is 2.04 bits per heavy atom. The van der Waals surface area contributed by atoms with Crippen molar-refractivity contribution < 1.29 is 13.2 Å². The molecular weight excluding hydrogens is 374 g/mol. The summed E-state index contributed by atoms with van der Waals surface area (Å²) in [6, 6.07) is 6.92. The van der Waals surface area contributed by atoms with Gasteiger partial charge in [-0.3, -0.25) is 9.78 Å². The number of sulfonamides is 1. The standard InChI is InChI=1S/C18H16ClN3O3S/c1-11-10-22(14-7-13(19)8-20-9-14)17-5-2-12(6-16(11)17)18(23)21-26(24,25)15-3-4-15/h2,5-10,15H,3-4H2,1H3,(H,21,23). The van der Waals surface area contributed by atoms with Crippen LogP contribution in [-0.2, 0) is 10.0 Å². The number of halogens is 1. The predicted molar refractivity (Wildman–Crippen MR) is 100 cm³/mol. The van der Waals surface area contributed by atoms with Crippen molar-refractivity contribution in [1.29, 1.82) is 0 Å². The van der Waals surface area contributed by atoms with Gasteiger partial charge in [-0.15, -0.1) is 0 Å². The minimum atomic E-state index is -3.57. The van der Waals surface area contributed by atoms with E-state index in [1.165, 1.54) is 0 Å². The van der Waals surface area contributed by atoms with E-state index in [4.69, 9.17) is 11.6 Å². The third-order valence-corrected chi connectivity index (χ3v) is 6.46. The lowest BCUT2D eigenvalue weighted by molar-refractivity contribution is 0.0981. The zero-order chi connectivity index (χ0) is 18.5. The average Bonchev–Trinajstić information content (AvgIpc) is 3.40. The molecule has 0 spiro atoms. The van der Waals surface area contributed by atoms with E-state index in [-0.39, 0.29) is 0 Å². The lowest BCUT2D eigenvalue weighted by atomic mass is 10.1. The molecular formula is C18H16ClN3O3S. The number of nitrogens with one attached hydrogen (secondary N) is 1. The second kappa shape index (κ2) is 6.10. The number of benzene rings is 1. The van der Waals surface area contributed by atoms with Crippen LogP contribution in [0.25, 0.3) is 16.6 Å². The van der Waals surface area contributed by atoms with Crippen LogP contribution >= 0.6 is 11.6 Å². The molecule has 1 aliphatic carbocycles. The molecule has 2 aromatic heterocycles. The van der Waals surface area contributed by atoms with Crippen LogP contribution in [0.15, 0.2) is 42.9 Å². The highest BCUT2D eigenvalue weighted by molar-refractivity contribution is 7.91. The zero-order valence-corrected chi connectivity index (χ0v) is 15.5. The van der Waals surface area contributed by atoms with Crippen LogP contribution in [0.4, 0.5) is 0 Å². The number of aromatic nitrogens is 2. The van der Waals surface area contributed by atoms with Crippen molar-refractivity contribution >= 4 is 38.4 Å². The molecule has 2 heterocycles. The van der Waals surface area contributed by atoms with Crippen LogP contribution in [0.2, 0.25) is 5.02 Å². The molecule has 4 rings (SSSR count). The summed E-state index contributed by atoms with van der Waals surface area (Å²) in [7, 11) is -3.57. The Balaban J connectivity index is 1.72. The fraction of sp³-hybridized carbons (Fsp3) is 0.222. The number of rotatable bonds is 4. The first-order chi connectivity index (χ1) is 12.3. The van der Waals surface area contributed by atoms with Gasteiger partial charge in [-0.05, 0) is 49.6 Å². The SMILES string of the molecule is Cc1cn(-c2cncc(Cl)c2)c2ccc(C(=O)NS(=O)(=O)C3CC3)cc12. The maximum atomic E-state index is 12.3. The Morgan fingerprint density at radius 3 is 2.73 bits per heavy atom. The van der Waals surface area contributed by atoms with Crippen LogP contribution in [0, 0.1) is 6.92 Å². The van der Waals surface area contributed by atoms with Crippen LogP contribution in [0.3, 0.4) is 0 Å². The van der Waals surface area contributed by atoms with Crippen LogP contribution in [-0.4, -0.2) is 29.1 Å². The van der Waals surface area contributed by atoms with Crippen molar-refractivity contribution in [2.75, 3.05) is 0 Å². The fourth-order valence-corrected chi connectivity index (χ4v) is 4.40. The molecule has 6 nitrogen and oxygen atoms in total. The van der Waals surface area contributed by atoms with Crippen molar-refractivity contribution in [1.82, 2.24) is 14.3 Å². The molecule has 3 aromatic rings. The van der Waals surface area contributed by atoms with Crippen molar-refractivity contribution in [3.8, 4) is 5.69 Å². The largest absolute Gasteiger partial charge is 0.315 e. The van der Waals surface area contributed by atoms with Gasteiger partial charge in [0, 0.05) is 23.3 Å². The van der Waals surface area contributed by atoms with E-state index < -0.39 is 21.2 Å². The Bertz CT molecular complexity index is 1130. The monoisotopic (exact) mass is 389 g/mol. The number of aryl methyl sites for hydroxylation is 1. The van der Waals surface area contributed by atoms with E-state index in [9.17, 15) is 13.2 Å². The number of carbonyl (C=O) groups excluding carboxylic acids is 1. The number of amides is 1. The van der Waals surface area contributed by atoms with Crippen molar-refractivity contribution in [2.45, 2.75) is 25.0 Å². The summed E-state index contributed by atoms with van der Waals surface area (Å²) in [5, 5.41) is 0.957. The lowest BCUT2D eigenvalue weighted by Gasteiger charge is -2.08. The topological polar surface area (TPSA) is 81.1 Å². The Labute approximate surface area is 155 Å². The molecule has 0 atom stereocenters. The molecule has 0 saturated heterocycles.